The highest BCUT2D eigenvalue weighted by Crippen LogP contribution is 2.15. The molecule has 0 aliphatic carbocycles. The van der Waals surface area contributed by atoms with Crippen molar-refractivity contribution in [2.24, 2.45) is 0 Å². The van der Waals surface area contributed by atoms with Gasteiger partial charge in [-0.3, -0.25) is 3.07 Å². The summed E-state index contributed by atoms with van der Waals surface area (Å²) in [6.45, 7) is 2.61. The van der Waals surface area contributed by atoms with Crippen LogP contribution >= 0.6 is 21.2 Å². The average Bonchev–Trinajstić information content (AvgIpc) is 2.07. The van der Waals surface area contributed by atoms with Crippen molar-refractivity contribution in [2.45, 2.75) is 6.92 Å². The molecule has 0 radical (unpaired) electrons. The highest BCUT2D eigenvalue weighted by molar-refractivity contribution is 14.1. The molecule has 1 aromatic rings. The van der Waals surface area contributed by atoms with Crippen LogP contribution in [-0.2, 0) is 3.07 Å². The zero-order chi connectivity index (χ0) is 8.10. The topological polar surface area (TPSA) is 26.3 Å². The lowest BCUT2D eigenvalue weighted by Gasteiger charge is -2.00. The third kappa shape index (κ3) is 2.57. The summed E-state index contributed by atoms with van der Waals surface area (Å²) in [6.07, 6.45) is 0. The van der Waals surface area contributed by atoms with Crippen LogP contribution in [-0.4, -0.2) is 6.61 Å². The van der Waals surface area contributed by atoms with Gasteiger partial charge in [-0.25, -0.2) is 0 Å². The van der Waals surface area contributed by atoms with E-state index in [1.165, 1.54) is 0 Å². The van der Waals surface area contributed by atoms with Crippen molar-refractivity contribution in [1.82, 2.24) is 0 Å². The van der Waals surface area contributed by atoms with Crippen LogP contribution in [0.2, 0.25) is 0 Å². The van der Waals surface area contributed by atoms with Crippen LogP contribution in [0.1, 0.15) is 6.92 Å². The first kappa shape index (κ1) is 8.64. The van der Waals surface area contributed by atoms with Gasteiger partial charge >= 0.3 is 0 Å². The van der Waals surface area contributed by atoms with Gasteiger partial charge in [0.2, 0.25) is 0 Å². The van der Waals surface area contributed by atoms with Gasteiger partial charge in [0, 0.05) is 3.57 Å². The number of ether oxygens (including phenoxy) is 1. The van der Waals surface area contributed by atoms with Gasteiger partial charge in [-0.05, 0) is 31.2 Å². The van der Waals surface area contributed by atoms with E-state index < -0.39 is 21.2 Å². The van der Waals surface area contributed by atoms with E-state index in [1.54, 1.807) is 0 Å². The second-order valence-corrected chi connectivity index (χ2v) is 3.65. The summed E-state index contributed by atoms with van der Waals surface area (Å²) < 4.78 is 16.6. The maximum Gasteiger partial charge on any atom is 0.182 e. The molecule has 0 fully saturated rings. The predicted octanol–water partition coefficient (Wildman–Crippen LogP) is 2.57. The summed E-state index contributed by atoms with van der Waals surface area (Å²) in [5, 5.41) is 0. The number of benzene rings is 1. The predicted molar refractivity (Wildman–Crippen MR) is 51.0 cm³/mol. The molecule has 0 atom stereocenters. The monoisotopic (exact) mass is 264 g/mol. The minimum Gasteiger partial charge on any atom is -0.494 e. The van der Waals surface area contributed by atoms with Gasteiger partial charge < -0.3 is 4.74 Å². The van der Waals surface area contributed by atoms with Crippen LogP contribution in [0.4, 0.5) is 0 Å². The van der Waals surface area contributed by atoms with E-state index in [1.807, 2.05) is 31.2 Å². The van der Waals surface area contributed by atoms with Gasteiger partial charge in [0.1, 0.15) is 5.75 Å². The van der Waals surface area contributed by atoms with Crippen LogP contribution in [0.3, 0.4) is 0 Å². The highest BCUT2D eigenvalue weighted by atomic mass is 127. The standard InChI is InChI=1S/C8H9IO2/c1-2-11-8-5-3-7(9-10)4-6-8/h3-6H,2H2,1H3. The Hall–Kier alpha value is -0.450. The largest absolute Gasteiger partial charge is 0.494 e. The van der Waals surface area contributed by atoms with Crippen LogP contribution < -0.4 is 4.74 Å². The first-order valence-electron chi connectivity index (χ1n) is 3.36. The molecule has 0 spiro atoms. The quantitative estimate of drug-likeness (QED) is 0.784. The molecule has 0 N–H and O–H groups in total. The van der Waals surface area contributed by atoms with E-state index in [-0.39, 0.29) is 0 Å². The summed E-state index contributed by atoms with van der Waals surface area (Å²) in [5.41, 5.74) is 0. The van der Waals surface area contributed by atoms with E-state index in [0.29, 0.717) is 6.61 Å². The molecule has 0 heterocycles. The molecule has 3 heteroatoms. The van der Waals surface area contributed by atoms with Crippen molar-refractivity contribution in [3.8, 4) is 5.75 Å². The first-order chi connectivity index (χ1) is 5.36. The Morgan fingerprint density at radius 1 is 1.36 bits per heavy atom. The fourth-order valence-electron chi connectivity index (χ4n) is 0.749. The molecule has 0 amide bonds. The summed E-state index contributed by atoms with van der Waals surface area (Å²) in [5.74, 6) is 0.841. The zero-order valence-corrected chi connectivity index (χ0v) is 8.37. The van der Waals surface area contributed by atoms with Gasteiger partial charge in [-0.1, -0.05) is 0 Å². The Kier molecular flexibility index (Phi) is 3.48. The third-order valence-electron chi connectivity index (χ3n) is 1.21. The lowest BCUT2D eigenvalue weighted by molar-refractivity contribution is 0.340. The number of hydrogen-bond acceptors (Lipinski definition) is 2. The minimum absolute atomic E-state index is 0.672. The van der Waals surface area contributed by atoms with Crippen LogP contribution in [0.5, 0.6) is 5.75 Å². The highest BCUT2D eigenvalue weighted by Gasteiger charge is 1.92. The second-order valence-electron chi connectivity index (χ2n) is 1.96. The van der Waals surface area contributed by atoms with Crippen molar-refractivity contribution in [2.75, 3.05) is 6.61 Å². The molecule has 2 nitrogen and oxygen atoms in total. The molecule has 0 saturated heterocycles. The smallest absolute Gasteiger partial charge is 0.182 e. The summed E-state index contributed by atoms with van der Waals surface area (Å²) in [7, 11) is 0. The molecule has 60 valence electrons. The maximum atomic E-state index is 10.5. The molecule has 0 saturated carbocycles. The molecule has 11 heavy (non-hydrogen) atoms. The molecular weight excluding hydrogens is 255 g/mol. The fraction of sp³-hybridized carbons (Fsp3) is 0.250. The minimum atomic E-state index is -1.02. The van der Waals surface area contributed by atoms with Crippen molar-refractivity contribution < 1.29 is 7.81 Å². The molecule has 0 aliphatic heterocycles. The van der Waals surface area contributed by atoms with E-state index in [9.17, 15) is 3.07 Å². The van der Waals surface area contributed by atoms with Gasteiger partial charge in [0.15, 0.2) is 21.2 Å². The van der Waals surface area contributed by atoms with Gasteiger partial charge in [0.05, 0.1) is 6.61 Å². The van der Waals surface area contributed by atoms with Crippen LogP contribution in [0.15, 0.2) is 24.3 Å². The maximum absolute atomic E-state index is 10.5. The Balaban J connectivity index is 2.74. The van der Waals surface area contributed by atoms with Crippen molar-refractivity contribution in [1.29, 1.82) is 0 Å². The molecule has 0 aliphatic rings. The lowest BCUT2D eigenvalue weighted by atomic mass is 10.3. The SMILES string of the molecule is CCOc1ccc(I=O)cc1. The molecular formula is C8H9IO2. The Morgan fingerprint density at radius 3 is 2.45 bits per heavy atom. The van der Waals surface area contributed by atoms with E-state index in [2.05, 4.69) is 0 Å². The van der Waals surface area contributed by atoms with Crippen molar-refractivity contribution in [3.63, 3.8) is 0 Å². The molecule has 1 aromatic carbocycles. The Morgan fingerprint density at radius 2 is 2.00 bits per heavy atom. The number of rotatable bonds is 3. The molecule has 0 bridgehead atoms. The first-order valence-corrected chi connectivity index (χ1v) is 5.32. The Labute approximate surface area is 76.2 Å². The van der Waals surface area contributed by atoms with Gasteiger partial charge in [-0.15, -0.1) is 0 Å². The summed E-state index contributed by atoms with van der Waals surface area (Å²) in [4.78, 5) is 0. The van der Waals surface area contributed by atoms with E-state index >= 15 is 0 Å². The van der Waals surface area contributed by atoms with Crippen molar-refractivity contribution >= 4 is 21.2 Å². The number of halogens is 1. The summed E-state index contributed by atoms with van der Waals surface area (Å²) in [6, 6.07) is 7.36. The van der Waals surface area contributed by atoms with Crippen LogP contribution in [0.25, 0.3) is 0 Å². The van der Waals surface area contributed by atoms with Gasteiger partial charge in [0.25, 0.3) is 0 Å². The molecule has 0 aromatic heterocycles. The molecule has 1 rings (SSSR count). The van der Waals surface area contributed by atoms with Gasteiger partial charge in [-0.2, -0.15) is 0 Å². The number of hydrogen-bond donors (Lipinski definition) is 0. The van der Waals surface area contributed by atoms with E-state index in [4.69, 9.17) is 4.74 Å². The zero-order valence-electron chi connectivity index (χ0n) is 6.21. The fourth-order valence-corrected chi connectivity index (χ4v) is 1.40. The normalized spacial score (nSPS) is 9.55. The van der Waals surface area contributed by atoms with Crippen molar-refractivity contribution in [3.05, 3.63) is 27.8 Å². The van der Waals surface area contributed by atoms with Crippen LogP contribution in [0, 0.1) is 3.57 Å². The Bertz CT molecular complexity index is 230. The third-order valence-corrected chi connectivity index (χ3v) is 2.44. The van der Waals surface area contributed by atoms with E-state index in [0.717, 1.165) is 9.32 Å². The second kappa shape index (κ2) is 4.43. The molecule has 0 unspecified atom stereocenters. The average molecular weight is 264 g/mol. The lowest BCUT2D eigenvalue weighted by Crippen LogP contribution is -1.90. The summed E-state index contributed by atoms with van der Waals surface area (Å²) >= 11 is -1.02.